The summed E-state index contributed by atoms with van der Waals surface area (Å²) in [6.45, 7) is 0. The summed E-state index contributed by atoms with van der Waals surface area (Å²) in [6, 6.07) is 6.59. The highest BCUT2D eigenvalue weighted by Gasteiger charge is 2.44. The van der Waals surface area contributed by atoms with Gasteiger partial charge in [-0.3, -0.25) is 4.18 Å². The quantitative estimate of drug-likeness (QED) is 0.798. The van der Waals surface area contributed by atoms with E-state index in [-0.39, 0.29) is 11.0 Å². The van der Waals surface area contributed by atoms with Crippen LogP contribution in [0.15, 0.2) is 33.6 Å². The second kappa shape index (κ2) is 4.62. The average molecular weight is 331 g/mol. The Labute approximate surface area is 116 Å². The average Bonchev–Trinajstić information content (AvgIpc) is 2.52. The highest BCUT2D eigenvalue weighted by atomic mass is 79.9. The van der Waals surface area contributed by atoms with E-state index in [1.165, 1.54) is 6.42 Å². The van der Waals surface area contributed by atoms with Gasteiger partial charge in [-0.1, -0.05) is 15.9 Å². The van der Waals surface area contributed by atoms with Crippen LogP contribution >= 0.6 is 15.9 Å². The zero-order valence-corrected chi connectivity index (χ0v) is 12.3. The van der Waals surface area contributed by atoms with Crippen LogP contribution in [0.4, 0.5) is 0 Å². The van der Waals surface area contributed by atoms with Crippen molar-refractivity contribution in [2.24, 2.45) is 11.8 Å². The van der Waals surface area contributed by atoms with E-state index in [9.17, 15) is 8.42 Å². The summed E-state index contributed by atoms with van der Waals surface area (Å²) >= 11 is 3.29. The van der Waals surface area contributed by atoms with Crippen LogP contribution in [0, 0.1) is 11.8 Å². The molecule has 0 aromatic heterocycles. The fourth-order valence-corrected chi connectivity index (χ4v) is 4.38. The first-order chi connectivity index (χ1) is 8.56. The van der Waals surface area contributed by atoms with Crippen LogP contribution in [0.2, 0.25) is 0 Å². The Balaban J connectivity index is 1.76. The summed E-state index contributed by atoms with van der Waals surface area (Å²) in [6.07, 6.45) is 4.25. The van der Waals surface area contributed by atoms with Crippen LogP contribution in [0.5, 0.6) is 0 Å². The summed E-state index contributed by atoms with van der Waals surface area (Å²) < 4.78 is 30.6. The molecule has 1 aromatic rings. The summed E-state index contributed by atoms with van der Waals surface area (Å²) in [5, 5.41) is 0. The molecule has 0 saturated heterocycles. The maximum absolute atomic E-state index is 12.1. The van der Waals surface area contributed by atoms with Crippen molar-refractivity contribution in [3.8, 4) is 0 Å². The SMILES string of the molecule is O=S(=O)(O[C@@H]1CC[C@H]2CC[C@@H]21)c1ccc(Br)cc1. The standard InChI is InChI=1S/C13H15BrO3S/c14-10-3-5-11(6-4-10)18(15,16)17-13-8-2-9-1-7-12(9)13/h3-6,9,12-13H,1-2,7-8H2/t9-,12+,13-/m1/s1. The molecule has 0 amide bonds. The third-order valence-electron chi connectivity index (χ3n) is 4.13. The van der Waals surface area contributed by atoms with Crippen molar-refractivity contribution in [2.75, 3.05) is 0 Å². The Hall–Kier alpha value is -0.390. The number of hydrogen-bond donors (Lipinski definition) is 0. The van der Waals surface area contributed by atoms with E-state index in [0.29, 0.717) is 11.8 Å². The maximum atomic E-state index is 12.1. The van der Waals surface area contributed by atoms with Crippen LogP contribution in [0.1, 0.15) is 25.7 Å². The lowest BCUT2D eigenvalue weighted by Crippen LogP contribution is -2.31. The van der Waals surface area contributed by atoms with Gasteiger partial charge in [0.15, 0.2) is 0 Å². The molecule has 2 fully saturated rings. The number of hydrogen-bond acceptors (Lipinski definition) is 3. The largest absolute Gasteiger partial charge is 0.297 e. The molecule has 0 heterocycles. The Bertz CT molecular complexity index is 538. The van der Waals surface area contributed by atoms with Gasteiger partial charge in [-0.2, -0.15) is 8.42 Å². The first kappa shape index (κ1) is 12.6. The van der Waals surface area contributed by atoms with Crippen molar-refractivity contribution in [3.63, 3.8) is 0 Å². The third kappa shape index (κ3) is 2.24. The van der Waals surface area contributed by atoms with E-state index in [1.54, 1.807) is 24.3 Å². The van der Waals surface area contributed by atoms with Gasteiger partial charge in [0.05, 0.1) is 11.0 Å². The van der Waals surface area contributed by atoms with Crippen molar-refractivity contribution >= 4 is 26.0 Å². The summed E-state index contributed by atoms with van der Waals surface area (Å²) in [5.41, 5.74) is 0. The molecule has 0 radical (unpaired) electrons. The molecule has 2 saturated carbocycles. The molecule has 0 aliphatic heterocycles. The Kier molecular flexibility index (Phi) is 3.24. The number of fused-ring (bicyclic) bond motifs is 1. The van der Waals surface area contributed by atoms with Crippen LogP contribution in [-0.4, -0.2) is 14.5 Å². The van der Waals surface area contributed by atoms with E-state index in [2.05, 4.69) is 15.9 Å². The Morgan fingerprint density at radius 1 is 1.06 bits per heavy atom. The monoisotopic (exact) mass is 330 g/mol. The van der Waals surface area contributed by atoms with Gasteiger partial charge in [0.2, 0.25) is 0 Å². The summed E-state index contributed by atoms with van der Waals surface area (Å²) in [7, 11) is -3.60. The molecule has 0 N–H and O–H groups in total. The van der Waals surface area contributed by atoms with Crippen molar-refractivity contribution in [1.29, 1.82) is 0 Å². The van der Waals surface area contributed by atoms with E-state index >= 15 is 0 Å². The lowest BCUT2D eigenvalue weighted by atomic mass is 9.76. The van der Waals surface area contributed by atoms with E-state index in [1.807, 2.05) is 0 Å². The number of rotatable bonds is 3. The second-order valence-electron chi connectivity index (χ2n) is 5.12. The minimum absolute atomic E-state index is 0.0996. The predicted molar refractivity (Wildman–Crippen MR) is 71.6 cm³/mol. The zero-order chi connectivity index (χ0) is 12.8. The minimum Gasteiger partial charge on any atom is -0.263 e. The fraction of sp³-hybridized carbons (Fsp3) is 0.538. The first-order valence-electron chi connectivity index (χ1n) is 6.25. The van der Waals surface area contributed by atoms with E-state index < -0.39 is 10.1 Å². The highest BCUT2D eigenvalue weighted by molar-refractivity contribution is 9.10. The van der Waals surface area contributed by atoms with Crippen LogP contribution < -0.4 is 0 Å². The smallest absolute Gasteiger partial charge is 0.263 e. The van der Waals surface area contributed by atoms with Gasteiger partial charge in [0.25, 0.3) is 10.1 Å². The van der Waals surface area contributed by atoms with Crippen LogP contribution in [-0.2, 0) is 14.3 Å². The van der Waals surface area contributed by atoms with Gasteiger partial charge in [0, 0.05) is 4.47 Å². The molecule has 2 aliphatic carbocycles. The van der Waals surface area contributed by atoms with Crippen molar-refractivity contribution in [2.45, 2.75) is 36.7 Å². The van der Waals surface area contributed by atoms with Gasteiger partial charge in [-0.15, -0.1) is 0 Å². The van der Waals surface area contributed by atoms with Gasteiger partial charge < -0.3 is 0 Å². The molecule has 1 aromatic carbocycles. The van der Waals surface area contributed by atoms with Crippen molar-refractivity contribution < 1.29 is 12.6 Å². The van der Waals surface area contributed by atoms with E-state index in [0.717, 1.165) is 23.7 Å². The lowest BCUT2D eigenvalue weighted by Gasteiger charge is -2.33. The Morgan fingerprint density at radius 2 is 1.72 bits per heavy atom. The maximum Gasteiger partial charge on any atom is 0.297 e. The molecule has 3 atom stereocenters. The molecule has 3 nitrogen and oxygen atoms in total. The van der Waals surface area contributed by atoms with Gasteiger partial charge in [-0.25, -0.2) is 0 Å². The highest BCUT2D eigenvalue weighted by Crippen LogP contribution is 2.48. The molecule has 0 spiro atoms. The normalized spacial score (nSPS) is 30.8. The lowest BCUT2D eigenvalue weighted by molar-refractivity contribution is 0.0908. The molecule has 18 heavy (non-hydrogen) atoms. The predicted octanol–water partition coefficient (Wildman–Crippen LogP) is 3.34. The molecule has 2 aliphatic rings. The summed E-state index contributed by atoms with van der Waals surface area (Å²) in [4.78, 5) is 0.244. The van der Waals surface area contributed by atoms with Crippen molar-refractivity contribution in [1.82, 2.24) is 0 Å². The number of benzene rings is 1. The van der Waals surface area contributed by atoms with Crippen LogP contribution in [0.3, 0.4) is 0 Å². The molecule has 0 bridgehead atoms. The molecular formula is C13H15BrO3S. The van der Waals surface area contributed by atoms with Crippen molar-refractivity contribution in [3.05, 3.63) is 28.7 Å². The molecule has 0 unspecified atom stereocenters. The second-order valence-corrected chi connectivity index (χ2v) is 7.61. The van der Waals surface area contributed by atoms with Gasteiger partial charge in [-0.05, 0) is 61.8 Å². The molecule has 98 valence electrons. The third-order valence-corrected chi connectivity index (χ3v) is 6.01. The Morgan fingerprint density at radius 3 is 2.28 bits per heavy atom. The number of halogens is 1. The van der Waals surface area contributed by atoms with Crippen LogP contribution in [0.25, 0.3) is 0 Å². The first-order valence-corrected chi connectivity index (χ1v) is 8.45. The zero-order valence-electron chi connectivity index (χ0n) is 9.88. The topological polar surface area (TPSA) is 43.4 Å². The molecule has 3 rings (SSSR count). The summed E-state index contributed by atoms with van der Waals surface area (Å²) in [5.74, 6) is 1.17. The van der Waals surface area contributed by atoms with Gasteiger partial charge >= 0.3 is 0 Å². The van der Waals surface area contributed by atoms with E-state index in [4.69, 9.17) is 4.18 Å². The van der Waals surface area contributed by atoms with Gasteiger partial charge in [0.1, 0.15) is 0 Å². The minimum atomic E-state index is -3.60. The molecular weight excluding hydrogens is 316 g/mol. The fourth-order valence-electron chi connectivity index (χ4n) is 2.97. The molecule has 5 heteroatoms.